The molecule has 1 spiro atoms. The first kappa shape index (κ1) is 37.9. The van der Waals surface area contributed by atoms with Gasteiger partial charge in [0, 0.05) is 55.5 Å². The smallest absolute Gasteiger partial charge is 0.211 e. The molecule has 0 bridgehead atoms. The normalized spacial score (nSPS) is 17.1. The average molecular weight is 702 g/mol. The lowest BCUT2D eigenvalue weighted by Gasteiger charge is -2.46. The zero-order valence-corrected chi connectivity index (χ0v) is 29.8. The number of benzene rings is 2. The molecule has 3 heterocycles. The molecule has 0 aliphatic carbocycles. The number of halogens is 1. The summed E-state index contributed by atoms with van der Waals surface area (Å²) in [4.78, 5) is 30.6. The SMILES string of the molecule is CC(C)c1nc(C=O)cs1.CSc1c(C(O)CNCCc2cc(CN3CCC4(CC3)CN(C)CCO4)ccc2F)ccc(O)c1NC=O. The number of carbonyl (C=O) groups excluding carboxylic acids is 2. The quantitative estimate of drug-likeness (QED) is 0.0832. The van der Waals surface area contributed by atoms with E-state index < -0.39 is 6.10 Å². The number of anilines is 1. The highest BCUT2D eigenvalue weighted by molar-refractivity contribution is 7.98. The summed E-state index contributed by atoms with van der Waals surface area (Å²) >= 11 is 2.87. The highest BCUT2D eigenvalue weighted by Gasteiger charge is 2.38. The van der Waals surface area contributed by atoms with Crippen LogP contribution in [0.1, 0.15) is 70.9 Å². The van der Waals surface area contributed by atoms with Crippen LogP contribution in [-0.2, 0) is 22.5 Å². The molecular formula is C35H48FN5O5S2. The molecule has 262 valence electrons. The van der Waals surface area contributed by atoms with E-state index in [0.717, 1.165) is 69.0 Å². The molecule has 2 aliphatic heterocycles. The number of aldehydes is 1. The molecule has 48 heavy (non-hydrogen) atoms. The number of ether oxygens (including phenoxy) is 1. The Morgan fingerprint density at radius 1 is 1.19 bits per heavy atom. The molecule has 0 saturated carbocycles. The number of aliphatic hydroxyl groups excluding tert-OH is 1. The van der Waals surface area contributed by atoms with Gasteiger partial charge in [0.2, 0.25) is 6.41 Å². The minimum Gasteiger partial charge on any atom is -0.506 e. The van der Waals surface area contributed by atoms with E-state index >= 15 is 0 Å². The number of aliphatic hydroxyl groups is 1. The fraction of sp³-hybridized carbons (Fsp3) is 0.514. The summed E-state index contributed by atoms with van der Waals surface area (Å²) in [5.41, 5.74) is 3.18. The number of carbonyl (C=O) groups is 2. The predicted octanol–water partition coefficient (Wildman–Crippen LogP) is 5.06. The Labute approximate surface area is 291 Å². The average Bonchev–Trinajstić information content (AvgIpc) is 3.57. The third-order valence-corrected chi connectivity index (χ3v) is 10.7. The number of piperidine rings is 1. The number of amides is 1. The van der Waals surface area contributed by atoms with E-state index in [2.05, 4.69) is 46.3 Å². The number of aromatic hydroxyl groups is 1. The topological polar surface area (TPSA) is 127 Å². The Hall–Kier alpha value is -2.91. The second kappa shape index (κ2) is 18.2. The second-order valence-corrected chi connectivity index (χ2v) is 14.4. The number of nitrogens with zero attached hydrogens (tertiary/aromatic N) is 3. The van der Waals surface area contributed by atoms with Crippen molar-refractivity contribution >= 4 is 41.5 Å². The first-order chi connectivity index (χ1) is 23.1. The monoisotopic (exact) mass is 701 g/mol. The number of thioether (sulfide) groups is 1. The molecule has 1 amide bonds. The first-order valence-corrected chi connectivity index (χ1v) is 18.4. The molecular weight excluding hydrogens is 654 g/mol. The highest BCUT2D eigenvalue weighted by Crippen LogP contribution is 2.38. The molecule has 4 N–H and O–H groups in total. The van der Waals surface area contributed by atoms with Crippen LogP contribution in [0.4, 0.5) is 10.1 Å². The van der Waals surface area contributed by atoms with Gasteiger partial charge in [0.05, 0.1) is 29.0 Å². The maximum absolute atomic E-state index is 14.6. The number of morpholine rings is 1. The van der Waals surface area contributed by atoms with Crippen molar-refractivity contribution in [2.24, 2.45) is 0 Å². The van der Waals surface area contributed by atoms with Gasteiger partial charge >= 0.3 is 0 Å². The van der Waals surface area contributed by atoms with E-state index in [4.69, 9.17) is 4.74 Å². The standard InChI is InChI=1S/C28H39FN4O4S.C7H9NOS/c1-32-13-14-37-28(18-32)8-11-33(12-9-28)17-20-3-5-23(29)21(15-20)7-10-30-16-25(36)22-4-6-24(35)26(31-19-34)27(22)38-2;1-5(2)7-8-6(3-9)4-10-7/h3-6,15,19,25,30,35-36H,7-14,16-18H2,1-2H3,(H,31,34);3-5H,1-2H3. The van der Waals surface area contributed by atoms with Crippen LogP contribution in [0.15, 0.2) is 40.6 Å². The van der Waals surface area contributed by atoms with Crippen LogP contribution in [0, 0.1) is 5.82 Å². The summed E-state index contributed by atoms with van der Waals surface area (Å²) in [7, 11) is 2.16. The van der Waals surface area contributed by atoms with Crippen LogP contribution < -0.4 is 10.6 Å². The predicted molar refractivity (Wildman–Crippen MR) is 190 cm³/mol. The van der Waals surface area contributed by atoms with Crippen LogP contribution in [0.5, 0.6) is 5.75 Å². The van der Waals surface area contributed by atoms with Gasteiger partial charge in [0.25, 0.3) is 0 Å². The number of nitrogens with one attached hydrogen (secondary N) is 2. The summed E-state index contributed by atoms with van der Waals surface area (Å²) in [6.07, 6.45) is 4.77. The van der Waals surface area contributed by atoms with Crippen molar-refractivity contribution in [1.82, 2.24) is 20.1 Å². The maximum Gasteiger partial charge on any atom is 0.211 e. The fourth-order valence-electron chi connectivity index (χ4n) is 6.09. The van der Waals surface area contributed by atoms with Crippen molar-refractivity contribution in [3.05, 3.63) is 68.9 Å². The molecule has 2 saturated heterocycles. The molecule has 1 unspecified atom stereocenters. The van der Waals surface area contributed by atoms with Crippen molar-refractivity contribution in [2.75, 3.05) is 64.5 Å². The molecule has 1 atom stereocenters. The summed E-state index contributed by atoms with van der Waals surface area (Å²) in [5.74, 6) is 0.151. The van der Waals surface area contributed by atoms with Crippen LogP contribution in [0.2, 0.25) is 0 Å². The van der Waals surface area contributed by atoms with E-state index in [-0.39, 0.29) is 29.4 Å². The Bertz CT molecular complexity index is 1500. The van der Waals surface area contributed by atoms with Gasteiger partial charge < -0.3 is 30.5 Å². The molecule has 10 nitrogen and oxygen atoms in total. The molecule has 2 aliphatic rings. The van der Waals surface area contributed by atoms with Crippen LogP contribution >= 0.6 is 23.1 Å². The van der Waals surface area contributed by atoms with Gasteiger partial charge in [-0.1, -0.05) is 32.0 Å². The molecule has 3 aromatic rings. The van der Waals surface area contributed by atoms with Crippen molar-refractivity contribution in [3.63, 3.8) is 0 Å². The van der Waals surface area contributed by atoms with E-state index in [1.165, 1.54) is 29.2 Å². The molecule has 13 heteroatoms. The minimum atomic E-state index is -0.850. The second-order valence-electron chi connectivity index (χ2n) is 12.7. The number of likely N-dealkylation sites (N-methyl/N-ethyl adjacent to an activating group) is 1. The number of phenolic OH excluding ortho intramolecular Hbond substituents is 1. The number of rotatable bonds is 13. The number of hydrogen-bond donors (Lipinski definition) is 4. The van der Waals surface area contributed by atoms with E-state index in [9.17, 15) is 24.2 Å². The maximum atomic E-state index is 14.6. The van der Waals surface area contributed by atoms with Crippen molar-refractivity contribution in [3.8, 4) is 5.75 Å². The fourth-order valence-corrected chi connectivity index (χ4v) is 7.68. The van der Waals surface area contributed by atoms with Crippen LogP contribution in [0.25, 0.3) is 0 Å². The van der Waals surface area contributed by atoms with Crippen molar-refractivity contribution in [2.45, 2.75) is 62.2 Å². The van der Waals surface area contributed by atoms with Crippen LogP contribution in [-0.4, -0.2) is 102 Å². The Kier molecular flexibility index (Phi) is 14.4. The lowest BCUT2D eigenvalue weighted by Crippen LogP contribution is -2.55. The van der Waals surface area contributed by atoms with Gasteiger partial charge in [-0.15, -0.1) is 23.1 Å². The highest BCUT2D eigenvalue weighted by atomic mass is 32.2. The molecule has 1 aromatic heterocycles. The third kappa shape index (κ3) is 10.3. The Balaban J connectivity index is 0.000000445. The first-order valence-electron chi connectivity index (χ1n) is 16.3. The molecule has 0 radical (unpaired) electrons. The Morgan fingerprint density at radius 3 is 2.58 bits per heavy atom. The molecule has 2 fully saturated rings. The number of likely N-dealkylation sites (tertiary alicyclic amines) is 1. The zero-order chi connectivity index (χ0) is 34.7. The lowest BCUT2D eigenvalue weighted by molar-refractivity contribution is -0.131. The van der Waals surface area contributed by atoms with E-state index in [1.54, 1.807) is 17.5 Å². The van der Waals surface area contributed by atoms with Crippen molar-refractivity contribution in [1.29, 1.82) is 0 Å². The third-order valence-electron chi connectivity index (χ3n) is 8.72. The number of aromatic nitrogens is 1. The van der Waals surface area contributed by atoms with Gasteiger partial charge in [0.1, 0.15) is 17.3 Å². The van der Waals surface area contributed by atoms with E-state index in [0.29, 0.717) is 47.0 Å². The van der Waals surface area contributed by atoms with Gasteiger partial charge in [-0.25, -0.2) is 9.37 Å². The van der Waals surface area contributed by atoms with Crippen LogP contribution in [0.3, 0.4) is 0 Å². The molecule has 2 aromatic carbocycles. The van der Waals surface area contributed by atoms with Gasteiger partial charge in [-0.05, 0) is 67.9 Å². The summed E-state index contributed by atoms with van der Waals surface area (Å²) in [6, 6.07) is 8.46. The molecule has 5 rings (SSSR count). The van der Waals surface area contributed by atoms with Crippen molar-refractivity contribution < 1.29 is 28.9 Å². The van der Waals surface area contributed by atoms with E-state index in [1.807, 2.05) is 18.4 Å². The number of hydrogen-bond acceptors (Lipinski definition) is 11. The zero-order valence-electron chi connectivity index (χ0n) is 28.2. The summed E-state index contributed by atoms with van der Waals surface area (Å²) < 4.78 is 20.7. The van der Waals surface area contributed by atoms with Gasteiger partial charge in [0.15, 0.2) is 6.29 Å². The minimum absolute atomic E-state index is 0.0169. The Morgan fingerprint density at radius 2 is 1.96 bits per heavy atom. The van der Waals surface area contributed by atoms with Gasteiger partial charge in [-0.3, -0.25) is 14.5 Å². The largest absolute Gasteiger partial charge is 0.506 e. The lowest BCUT2D eigenvalue weighted by atomic mass is 9.89. The summed E-state index contributed by atoms with van der Waals surface area (Å²) in [6.45, 7) is 10.4. The number of thiazole rings is 1. The number of phenols is 1. The summed E-state index contributed by atoms with van der Waals surface area (Å²) in [5, 5.41) is 29.3. The van der Waals surface area contributed by atoms with Gasteiger partial charge in [-0.2, -0.15) is 0 Å².